The van der Waals surface area contributed by atoms with Gasteiger partial charge in [0, 0.05) is 26.6 Å². The lowest BCUT2D eigenvalue weighted by atomic mass is 10.0. The van der Waals surface area contributed by atoms with Crippen molar-refractivity contribution in [2.24, 2.45) is 5.92 Å². The van der Waals surface area contributed by atoms with E-state index in [2.05, 4.69) is 10.6 Å². The van der Waals surface area contributed by atoms with E-state index in [4.69, 9.17) is 0 Å². The van der Waals surface area contributed by atoms with E-state index in [1.807, 2.05) is 13.8 Å². The number of nitrogens with one attached hydrogen (secondary N) is 2. The van der Waals surface area contributed by atoms with Gasteiger partial charge in [0.1, 0.15) is 6.04 Å². The van der Waals surface area contributed by atoms with Crippen molar-refractivity contribution in [1.82, 2.24) is 14.9 Å². The van der Waals surface area contributed by atoms with E-state index >= 15 is 0 Å². The van der Waals surface area contributed by atoms with Gasteiger partial charge in [0.15, 0.2) is 0 Å². The van der Waals surface area contributed by atoms with Crippen molar-refractivity contribution < 1.29 is 18.0 Å². The van der Waals surface area contributed by atoms with Crippen LogP contribution in [-0.4, -0.2) is 43.7 Å². The van der Waals surface area contributed by atoms with E-state index in [-0.39, 0.29) is 29.2 Å². The molecule has 2 N–H and O–H groups in total. The molecule has 0 unspecified atom stereocenters. The van der Waals surface area contributed by atoms with Crippen molar-refractivity contribution in [3.8, 4) is 0 Å². The highest BCUT2D eigenvalue weighted by atomic mass is 32.2. The number of rotatable bonds is 9. The molecule has 0 heterocycles. The molecule has 0 saturated heterocycles. The number of carbonyl (C=O) groups is 2. The monoisotopic (exact) mass is 383 g/mol. The van der Waals surface area contributed by atoms with Gasteiger partial charge in [0.25, 0.3) is 0 Å². The molecule has 1 aromatic carbocycles. The van der Waals surface area contributed by atoms with Crippen molar-refractivity contribution in [1.29, 1.82) is 0 Å². The quantitative estimate of drug-likeness (QED) is 0.675. The topological polar surface area (TPSA) is 95.6 Å². The van der Waals surface area contributed by atoms with E-state index in [0.717, 1.165) is 5.56 Å². The normalized spacial score (nSPS) is 12.9. The Morgan fingerprint density at radius 2 is 1.62 bits per heavy atom. The first-order valence-electron chi connectivity index (χ1n) is 8.77. The number of benzene rings is 1. The molecule has 0 aliphatic rings. The van der Waals surface area contributed by atoms with Crippen LogP contribution in [0.15, 0.2) is 29.2 Å². The molecule has 146 valence electrons. The number of hydrogen-bond acceptors (Lipinski definition) is 4. The molecule has 0 saturated carbocycles. The van der Waals surface area contributed by atoms with Crippen LogP contribution < -0.4 is 10.6 Å². The van der Waals surface area contributed by atoms with E-state index < -0.39 is 16.1 Å². The fraction of sp³-hybridized carbons (Fsp3) is 0.556. The van der Waals surface area contributed by atoms with Gasteiger partial charge >= 0.3 is 0 Å². The first kappa shape index (κ1) is 22.1. The number of sulfonamides is 1. The van der Waals surface area contributed by atoms with Gasteiger partial charge in [-0.3, -0.25) is 9.59 Å². The third-order valence-corrected chi connectivity index (χ3v) is 6.11. The SMILES string of the molecule is CCN(CC)S(=O)(=O)c1ccc(CNC(=O)[C@@H](NC(C)=O)C(C)C)cc1. The van der Waals surface area contributed by atoms with Crippen molar-refractivity contribution in [2.75, 3.05) is 13.1 Å². The Morgan fingerprint density at radius 1 is 1.08 bits per heavy atom. The van der Waals surface area contributed by atoms with Gasteiger partial charge in [-0.05, 0) is 23.6 Å². The lowest BCUT2D eigenvalue weighted by Gasteiger charge is -2.21. The largest absolute Gasteiger partial charge is 0.350 e. The van der Waals surface area contributed by atoms with Crippen LogP contribution in [0.5, 0.6) is 0 Å². The molecule has 0 aliphatic carbocycles. The lowest BCUT2D eigenvalue weighted by molar-refractivity contribution is -0.129. The molecular formula is C18H29N3O4S. The highest BCUT2D eigenvalue weighted by Gasteiger charge is 2.23. The number of carbonyl (C=O) groups excluding carboxylic acids is 2. The van der Waals surface area contributed by atoms with Crippen LogP contribution in [0.4, 0.5) is 0 Å². The average Bonchev–Trinajstić information content (AvgIpc) is 2.58. The van der Waals surface area contributed by atoms with Crippen LogP contribution in [-0.2, 0) is 26.2 Å². The maximum Gasteiger partial charge on any atom is 0.243 e. The van der Waals surface area contributed by atoms with E-state index in [9.17, 15) is 18.0 Å². The molecule has 0 radical (unpaired) electrons. The molecular weight excluding hydrogens is 354 g/mol. The minimum absolute atomic E-state index is 0.0412. The van der Waals surface area contributed by atoms with Crippen LogP contribution in [0.1, 0.15) is 40.2 Å². The molecule has 0 fully saturated rings. The summed E-state index contributed by atoms with van der Waals surface area (Å²) < 4.78 is 26.3. The second-order valence-electron chi connectivity index (χ2n) is 6.37. The number of amides is 2. The van der Waals surface area contributed by atoms with Crippen molar-refractivity contribution in [2.45, 2.75) is 52.1 Å². The predicted octanol–water partition coefficient (Wildman–Crippen LogP) is 1.49. The summed E-state index contributed by atoms with van der Waals surface area (Å²) in [6.07, 6.45) is 0. The Hall–Kier alpha value is -1.93. The summed E-state index contributed by atoms with van der Waals surface area (Å²) in [5.41, 5.74) is 0.780. The molecule has 0 aliphatic heterocycles. The smallest absolute Gasteiger partial charge is 0.243 e. The fourth-order valence-corrected chi connectivity index (χ4v) is 4.00. The van der Waals surface area contributed by atoms with Gasteiger partial charge in [0.05, 0.1) is 4.90 Å². The highest BCUT2D eigenvalue weighted by Crippen LogP contribution is 2.16. The zero-order valence-corrected chi connectivity index (χ0v) is 16.9. The van der Waals surface area contributed by atoms with Gasteiger partial charge in [0.2, 0.25) is 21.8 Å². The molecule has 1 atom stereocenters. The molecule has 1 rings (SSSR count). The predicted molar refractivity (Wildman–Crippen MR) is 101 cm³/mol. The minimum atomic E-state index is -3.49. The van der Waals surface area contributed by atoms with Gasteiger partial charge in [-0.2, -0.15) is 4.31 Å². The van der Waals surface area contributed by atoms with Crippen LogP contribution >= 0.6 is 0 Å². The fourth-order valence-electron chi connectivity index (χ4n) is 2.54. The molecule has 0 spiro atoms. The van der Waals surface area contributed by atoms with E-state index in [1.54, 1.807) is 38.1 Å². The first-order chi connectivity index (χ1) is 12.1. The average molecular weight is 384 g/mol. The van der Waals surface area contributed by atoms with Crippen LogP contribution in [0, 0.1) is 5.92 Å². The Labute approximate surface area is 156 Å². The van der Waals surface area contributed by atoms with Gasteiger partial charge < -0.3 is 10.6 Å². The van der Waals surface area contributed by atoms with Crippen LogP contribution in [0.3, 0.4) is 0 Å². The summed E-state index contributed by atoms with van der Waals surface area (Å²) in [5.74, 6) is -0.569. The summed E-state index contributed by atoms with van der Waals surface area (Å²) in [4.78, 5) is 23.7. The molecule has 7 nitrogen and oxygen atoms in total. The zero-order chi connectivity index (χ0) is 19.9. The van der Waals surface area contributed by atoms with Crippen molar-refractivity contribution in [3.63, 3.8) is 0 Å². The van der Waals surface area contributed by atoms with Gasteiger partial charge in [-0.15, -0.1) is 0 Å². The Morgan fingerprint density at radius 3 is 2.04 bits per heavy atom. The molecule has 8 heteroatoms. The Bertz CT molecular complexity index is 710. The van der Waals surface area contributed by atoms with Gasteiger partial charge in [-0.1, -0.05) is 39.8 Å². The molecule has 0 bridgehead atoms. The third-order valence-electron chi connectivity index (χ3n) is 4.04. The highest BCUT2D eigenvalue weighted by molar-refractivity contribution is 7.89. The lowest BCUT2D eigenvalue weighted by Crippen LogP contribution is -2.48. The molecule has 0 aromatic heterocycles. The van der Waals surface area contributed by atoms with Crippen LogP contribution in [0.2, 0.25) is 0 Å². The summed E-state index contributed by atoms with van der Waals surface area (Å²) in [5, 5.41) is 5.41. The summed E-state index contributed by atoms with van der Waals surface area (Å²) in [7, 11) is -3.49. The zero-order valence-electron chi connectivity index (χ0n) is 16.1. The second-order valence-corrected chi connectivity index (χ2v) is 8.31. The maximum absolute atomic E-state index is 12.5. The molecule has 1 aromatic rings. The second kappa shape index (κ2) is 9.68. The minimum Gasteiger partial charge on any atom is -0.350 e. The standard InChI is InChI=1S/C18H29N3O4S/c1-6-21(7-2)26(24,25)16-10-8-15(9-11-16)12-19-18(23)17(13(3)4)20-14(5)22/h8-11,13,17H,6-7,12H2,1-5H3,(H,19,23)(H,20,22)/t17-/m0/s1. The Kier molecular flexibility index (Phi) is 8.23. The van der Waals surface area contributed by atoms with E-state index in [0.29, 0.717) is 13.1 Å². The molecule has 2 amide bonds. The maximum atomic E-state index is 12.5. The number of nitrogens with zero attached hydrogens (tertiary/aromatic N) is 1. The van der Waals surface area contributed by atoms with Crippen LogP contribution in [0.25, 0.3) is 0 Å². The number of hydrogen-bond donors (Lipinski definition) is 2. The van der Waals surface area contributed by atoms with E-state index in [1.165, 1.54) is 11.2 Å². The van der Waals surface area contributed by atoms with Gasteiger partial charge in [-0.25, -0.2) is 8.42 Å². The summed E-state index contributed by atoms with van der Waals surface area (Å²) in [6, 6.07) is 5.85. The molecule has 26 heavy (non-hydrogen) atoms. The summed E-state index contributed by atoms with van der Waals surface area (Å²) in [6.45, 7) is 9.76. The van der Waals surface area contributed by atoms with Crippen molar-refractivity contribution in [3.05, 3.63) is 29.8 Å². The first-order valence-corrected chi connectivity index (χ1v) is 10.2. The van der Waals surface area contributed by atoms with Crippen molar-refractivity contribution >= 4 is 21.8 Å². The third kappa shape index (κ3) is 5.81. The summed E-state index contributed by atoms with van der Waals surface area (Å²) >= 11 is 0. The Balaban J connectivity index is 2.79.